The highest BCUT2D eigenvalue weighted by molar-refractivity contribution is 7.13. The zero-order valence-electron chi connectivity index (χ0n) is 15.3. The van der Waals surface area contributed by atoms with Crippen LogP contribution in [0.5, 0.6) is 0 Å². The van der Waals surface area contributed by atoms with Gasteiger partial charge in [-0.05, 0) is 30.2 Å². The number of esters is 1. The maximum Gasteiger partial charge on any atom is 0.326 e. The van der Waals surface area contributed by atoms with E-state index in [0.29, 0.717) is 12.2 Å². The number of ether oxygens (including phenoxy) is 1. The summed E-state index contributed by atoms with van der Waals surface area (Å²) in [5.41, 5.74) is -0.891. The first-order chi connectivity index (χ1) is 13.5. The van der Waals surface area contributed by atoms with Gasteiger partial charge in [-0.25, -0.2) is 4.79 Å². The fourth-order valence-electron chi connectivity index (χ4n) is 3.78. The second-order valence-electron chi connectivity index (χ2n) is 7.09. The van der Waals surface area contributed by atoms with E-state index in [2.05, 4.69) is 15.5 Å². The van der Waals surface area contributed by atoms with Crippen molar-refractivity contribution in [2.75, 3.05) is 6.54 Å². The van der Waals surface area contributed by atoms with E-state index in [1.54, 1.807) is 0 Å². The lowest BCUT2D eigenvalue weighted by Gasteiger charge is -2.36. The van der Waals surface area contributed by atoms with Crippen LogP contribution in [0.25, 0.3) is 10.7 Å². The molecule has 0 bridgehead atoms. The van der Waals surface area contributed by atoms with Crippen molar-refractivity contribution in [3.05, 3.63) is 23.4 Å². The standard InChI is InChI=1S/C18H20N4O5S/c1-11-5-2-3-7-18(11)16(24)22(17(25)20-18)9-14(23)26-10-13-19-15(21-27-13)12-6-4-8-28-12/h4,6,8,11H,2-3,5,7,9-10H2,1H3,(H,20,25)/t11-,18+/m1/s1. The second kappa shape index (κ2) is 7.34. The number of hydrogen-bond donors (Lipinski definition) is 1. The molecule has 10 heteroatoms. The van der Waals surface area contributed by atoms with Crippen LogP contribution >= 0.6 is 11.3 Å². The molecule has 1 saturated carbocycles. The summed E-state index contributed by atoms with van der Waals surface area (Å²) in [5, 5.41) is 8.53. The van der Waals surface area contributed by atoms with Crippen LogP contribution in [0.15, 0.2) is 22.0 Å². The summed E-state index contributed by atoms with van der Waals surface area (Å²) >= 11 is 1.46. The number of hydrogen-bond acceptors (Lipinski definition) is 8. The number of thiophene rings is 1. The van der Waals surface area contributed by atoms with E-state index in [1.807, 2.05) is 24.4 Å². The van der Waals surface area contributed by atoms with E-state index in [4.69, 9.17) is 9.26 Å². The van der Waals surface area contributed by atoms with Gasteiger partial charge < -0.3 is 14.6 Å². The molecule has 0 aromatic carbocycles. The number of urea groups is 1. The molecular formula is C18H20N4O5S. The monoisotopic (exact) mass is 404 g/mol. The van der Waals surface area contributed by atoms with Crippen molar-refractivity contribution < 1.29 is 23.6 Å². The van der Waals surface area contributed by atoms with Gasteiger partial charge in [0.05, 0.1) is 4.88 Å². The van der Waals surface area contributed by atoms with Crippen molar-refractivity contribution >= 4 is 29.2 Å². The second-order valence-corrected chi connectivity index (χ2v) is 8.04. The van der Waals surface area contributed by atoms with Crippen LogP contribution in [0, 0.1) is 5.92 Å². The highest BCUT2D eigenvalue weighted by Crippen LogP contribution is 2.38. The summed E-state index contributed by atoms with van der Waals surface area (Å²) in [6.07, 6.45) is 3.37. The maximum absolute atomic E-state index is 12.8. The van der Waals surface area contributed by atoms with Gasteiger partial charge in [-0.15, -0.1) is 11.3 Å². The van der Waals surface area contributed by atoms with Crippen molar-refractivity contribution in [2.24, 2.45) is 5.92 Å². The Morgan fingerprint density at radius 3 is 3.07 bits per heavy atom. The molecule has 1 saturated heterocycles. The number of rotatable bonds is 5. The van der Waals surface area contributed by atoms with Crippen LogP contribution in [0.2, 0.25) is 0 Å². The minimum atomic E-state index is -0.891. The van der Waals surface area contributed by atoms with Crippen molar-refractivity contribution in [1.82, 2.24) is 20.4 Å². The number of nitrogens with zero attached hydrogens (tertiary/aromatic N) is 3. The van der Waals surface area contributed by atoms with Gasteiger partial charge in [0.2, 0.25) is 5.82 Å². The van der Waals surface area contributed by atoms with Crippen molar-refractivity contribution in [3.8, 4) is 10.7 Å². The molecule has 2 fully saturated rings. The number of nitrogens with one attached hydrogen (secondary N) is 1. The molecule has 28 heavy (non-hydrogen) atoms. The van der Waals surface area contributed by atoms with Gasteiger partial charge in [-0.1, -0.05) is 31.0 Å². The fraction of sp³-hybridized carbons (Fsp3) is 0.500. The van der Waals surface area contributed by atoms with Crippen LogP contribution in [-0.2, 0) is 20.9 Å². The Labute approximate surface area is 165 Å². The molecule has 2 aromatic rings. The first-order valence-electron chi connectivity index (χ1n) is 9.16. The van der Waals surface area contributed by atoms with E-state index in [9.17, 15) is 14.4 Å². The third-order valence-electron chi connectivity index (χ3n) is 5.35. The normalized spacial score (nSPS) is 24.6. The van der Waals surface area contributed by atoms with Crippen molar-refractivity contribution in [3.63, 3.8) is 0 Å². The van der Waals surface area contributed by atoms with Crippen molar-refractivity contribution in [2.45, 2.75) is 44.8 Å². The van der Waals surface area contributed by atoms with Crippen molar-refractivity contribution in [1.29, 1.82) is 0 Å². The number of carbonyl (C=O) groups excluding carboxylic acids is 3. The van der Waals surface area contributed by atoms with E-state index in [0.717, 1.165) is 29.0 Å². The molecular weight excluding hydrogens is 384 g/mol. The predicted octanol–water partition coefficient (Wildman–Crippen LogP) is 2.34. The van der Waals surface area contributed by atoms with Crippen LogP contribution in [0.4, 0.5) is 4.79 Å². The predicted molar refractivity (Wildman–Crippen MR) is 98.0 cm³/mol. The molecule has 2 aliphatic rings. The molecule has 3 amide bonds. The molecule has 0 unspecified atom stereocenters. The molecule has 1 spiro atoms. The summed E-state index contributed by atoms with van der Waals surface area (Å²) in [7, 11) is 0. The highest BCUT2D eigenvalue weighted by atomic mass is 32.1. The summed E-state index contributed by atoms with van der Waals surface area (Å²) in [4.78, 5) is 43.2. The molecule has 1 N–H and O–H groups in total. The molecule has 148 valence electrons. The Balaban J connectivity index is 1.35. The lowest BCUT2D eigenvalue weighted by molar-refractivity contribution is -0.150. The molecule has 9 nitrogen and oxygen atoms in total. The Morgan fingerprint density at radius 2 is 2.32 bits per heavy atom. The minimum Gasteiger partial charge on any atom is -0.454 e. The minimum absolute atomic E-state index is 0.0350. The zero-order chi connectivity index (χ0) is 19.7. The SMILES string of the molecule is C[C@@H]1CCCC[C@]12NC(=O)N(CC(=O)OCc1nc(-c3cccs3)no1)C2=O. The first kappa shape index (κ1) is 18.6. The third kappa shape index (κ3) is 3.28. The average Bonchev–Trinajstić information content (AvgIpc) is 3.40. The van der Waals surface area contributed by atoms with Gasteiger partial charge in [0.1, 0.15) is 12.1 Å². The van der Waals surface area contributed by atoms with E-state index in [-0.39, 0.29) is 24.3 Å². The molecule has 2 aromatic heterocycles. The third-order valence-corrected chi connectivity index (χ3v) is 6.22. The number of aromatic nitrogens is 2. The Morgan fingerprint density at radius 1 is 1.46 bits per heavy atom. The van der Waals surface area contributed by atoms with Crippen LogP contribution in [0.3, 0.4) is 0 Å². The topological polar surface area (TPSA) is 115 Å². The number of carbonyl (C=O) groups is 3. The molecule has 3 heterocycles. The quantitative estimate of drug-likeness (QED) is 0.601. The van der Waals surface area contributed by atoms with Gasteiger partial charge in [0.15, 0.2) is 6.61 Å². The van der Waals surface area contributed by atoms with Gasteiger partial charge in [-0.2, -0.15) is 4.98 Å². The van der Waals surface area contributed by atoms with Crippen LogP contribution in [0.1, 0.15) is 38.5 Å². The smallest absolute Gasteiger partial charge is 0.326 e. The van der Waals surface area contributed by atoms with Crippen LogP contribution < -0.4 is 5.32 Å². The van der Waals surface area contributed by atoms with E-state index >= 15 is 0 Å². The maximum atomic E-state index is 12.8. The Hall–Kier alpha value is -2.75. The van der Waals surface area contributed by atoms with E-state index in [1.165, 1.54) is 11.3 Å². The number of imide groups is 1. The molecule has 1 aliphatic heterocycles. The van der Waals surface area contributed by atoms with Gasteiger partial charge in [0.25, 0.3) is 11.8 Å². The summed E-state index contributed by atoms with van der Waals surface area (Å²) in [6.45, 7) is 1.30. The van der Waals surface area contributed by atoms with Gasteiger partial charge >= 0.3 is 12.0 Å². The largest absolute Gasteiger partial charge is 0.454 e. The summed E-state index contributed by atoms with van der Waals surface area (Å²) < 4.78 is 10.2. The molecule has 0 radical (unpaired) electrons. The van der Waals surface area contributed by atoms with Gasteiger partial charge in [-0.3, -0.25) is 14.5 Å². The average molecular weight is 404 g/mol. The zero-order valence-corrected chi connectivity index (χ0v) is 16.2. The first-order valence-corrected chi connectivity index (χ1v) is 10.0. The highest BCUT2D eigenvalue weighted by Gasteiger charge is 2.55. The Bertz CT molecular complexity index is 896. The summed E-state index contributed by atoms with van der Waals surface area (Å²) in [5.74, 6) is -0.457. The van der Waals surface area contributed by atoms with E-state index < -0.39 is 24.1 Å². The Kier molecular flexibility index (Phi) is 4.88. The lowest BCUT2D eigenvalue weighted by atomic mass is 9.73. The number of amides is 3. The molecule has 2 atom stereocenters. The summed E-state index contributed by atoms with van der Waals surface area (Å²) in [6, 6.07) is 3.17. The molecule has 1 aliphatic carbocycles. The van der Waals surface area contributed by atoms with Crippen LogP contribution in [-0.4, -0.2) is 45.0 Å². The lowest BCUT2D eigenvalue weighted by Crippen LogP contribution is -2.54. The van der Waals surface area contributed by atoms with Gasteiger partial charge in [0, 0.05) is 0 Å². The fourth-order valence-corrected chi connectivity index (χ4v) is 4.42. The molecule has 4 rings (SSSR count).